The smallest absolute Gasteiger partial charge is 0.344 e. The van der Waals surface area contributed by atoms with Crippen LogP contribution in [0.2, 0.25) is 0 Å². The van der Waals surface area contributed by atoms with E-state index in [9.17, 15) is 24.6 Å². The lowest BCUT2D eigenvalue weighted by Crippen LogP contribution is -2.14. The van der Waals surface area contributed by atoms with E-state index in [0.717, 1.165) is 0 Å². The molecule has 0 aliphatic heterocycles. The van der Waals surface area contributed by atoms with Gasteiger partial charge in [0.05, 0.1) is 17.7 Å². The number of carbonyl (C=O) groups excluding carboxylic acids is 3. The number of ether oxygens (including phenoxy) is 4. The molecule has 0 aromatic heterocycles. The van der Waals surface area contributed by atoms with Crippen molar-refractivity contribution in [1.82, 2.24) is 0 Å². The highest BCUT2D eigenvalue weighted by atomic mass is 16.7. The van der Waals surface area contributed by atoms with Crippen molar-refractivity contribution in [2.75, 3.05) is 20.0 Å². The van der Waals surface area contributed by atoms with Crippen LogP contribution in [-0.4, -0.2) is 47.9 Å². The zero-order valence-corrected chi connectivity index (χ0v) is 16.5. The zero-order chi connectivity index (χ0) is 22.1. The van der Waals surface area contributed by atoms with E-state index in [4.69, 9.17) is 18.9 Å². The van der Waals surface area contributed by atoms with Gasteiger partial charge in [-0.2, -0.15) is 0 Å². The van der Waals surface area contributed by atoms with E-state index in [0.29, 0.717) is 0 Å². The average molecular weight is 418 g/mol. The van der Waals surface area contributed by atoms with Gasteiger partial charge in [-0.1, -0.05) is 6.92 Å². The second-order valence-electron chi connectivity index (χ2n) is 5.91. The fourth-order valence-electron chi connectivity index (χ4n) is 2.34. The third-order valence-corrected chi connectivity index (χ3v) is 3.82. The minimum Gasteiger partial charge on any atom is -0.507 e. The summed E-state index contributed by atoms with van der Waals surface area (Å²) < 4.78 is 19.9. The molecule has 2 rings (SSSR count). The number of phenols is 2. The normalized spacial score (nSPS) is 10.2. The first-order valence-corrected chi connectivity index (χ1v) is 9.13. The quantitative estimate of drug-likeness (QED) is 0.340. The van der Waals surface area contributed by atoms with Gasteiger partial charge in [-0.25, -0.2) is 4.79 Å². The van der Waals surface area contributed by atoms with Crippen LogP contribution < -0.4 is 9.47 Å². The molecule has 0 fully saturated rings. The molecule has 0 saturated carbocycles. The first-order valence-electron chi connectivity index (χ1n) is 9.13. The fraction of sp³-hybridized carbons (Fsp3) is 0.286. The van der Waals surface area contributed by atoms with Gasteiger partial charge in [-0.3, -0.25) is 9.59 Å². The first-order chi connectivity index (χ1) is 14.3. The average Bonchev–Trinajstić information content (AvgIpc) is 2.72. The summed E-state index contributed by atoms with van der Waals surface area (Å²) in [6.07, 6.45) is 0.207. The van der Waals surface area contributed by atoms with E-state index in [1.807, 2.05) is 0 Å². The molecule has 0 spiro atoms. The van der Waals surface area contributed by atoms with Crippen LogP contribution in [0.25, 0.3) is 0 Å². The molecule has 2 aromatic carbocycles. The van der Waals surface area contributed by atoms with Crippen molar-refractivity contribution in [3.63, 3.8) is 0 Å². The molecule has 0 unspecified atom stereocenters. The second kappa shape index (κ2) is 10.7. The summed E-state index contributed by atoms with van der Waals surface area (Å²) >= 11 is 0. The van der Waals surface area contributed by atoms with Crippen molar-refractivity contribution in [3.8, 4) is 23.0 Å². The molecule has 160 valence electrons. The number of phenolic OH excluding ortho intramolecular Hbond substituents is 2. The van der Waals surface area contributed by atoms with Crippen LogP contribution in [0.3, 0.4) is 0 Å². The Kier molecular flexibility index (Phi) is 8.04. The minimum absolute atomic E-state index is 0.0663. The Morgan fingerprint density at radius 3 is 1.87 bits per heavy atom. The lowest BCUT2D eigenvalue weighted by molar-refractivity contribution is -0.149. The van der Waals surface area contributed by atoms with Gasteiger partial charge in [0, 0.05) is 18.6 Å². The Labute approximate surface area is 172 Å². The number of benzene rings is 2. The maximum Gasteiger partial charge on any atom is 0.344 e. The molecule has 0 bridgehead atoms. The summed E-state index contributed by atoms with van der Waals surface area (Å²) in [5, 5.41) is 20.3. The molecule has 0 amide bonds. The van der Waals surface area contributed by atoms with Crippen molar-refractivity contribution < 1.29 is 43.5 Å². The van der Waals surface area contributed by atoms with Crippen LogP contribution in [-0.2, 0) is 19.1 Å². The summed E-state index contributed by atoms with van der Waals surface area (Å²) in [4.78, 5) is 35.1. The number of hydrogen-bond donors (Lipinski definition) is 2. The summed E-state index contributed by atoms with van der Waals surface area (Å²) in [7, 11) is 0. The highest BCUT2D eigenvalue weighted by Gasteiger charge is 2.18. The predicted molar refractivity (Wildman–Crippen MR) is 104 cm³/mol. The number of hydrogen-bond acceptors (Lipinski definition) is 9. The number of aromatic hydroxyl groups is 2. The molecule has 30 heavy (non-hydrogen) atoms. The standard InChI is InChI=1S/C21H22O9/c1-3-19(24)30-12-29-14-6-8-16(18(23)10-14)21(26)15-7-5-13(9-17(15)22)28-11-20(25)27-4-2/h5-10,22-23H,3-4,11-12H2,1-2H3. The molecule has 0 heterocycles. The van der Waals surface area contributed by atoms with Crippen LogP contribution in [0.1, 0.15) is 36.2 Å². The fourth-order valence-corrected chi connectivity index (χ4v) is 2.34. The van der Waals surface area contributed by atoms with Crippen LogP contribution in [0.5, 0.6) is 23.0 Å². The predicted octanol–water partition coefficient (Wildman–Crippen LogP) is 2.56. The Morgan fingerprint density at radius 2 is 1.37 bits per heavy atom. The minimum atomic E-state index is -0.633. The summed E-state index contributed by atoms with van der Waals surface area (Å²) in [5.74, 6) is -2.02. The van der Waals surface area contributed by atoms with Gasteiger partial charge >= 0.3 is 11.9 Å². The van der Waals surface area contributed by atoms with E-state index >= 15 is 0 Å². The Morgan fingerprint density at radius 1 is 0.800 bits per heavy atom. The maximum atomic E-state index is 12.7. The molecular weight excluding hydrogens is 396 g/mol. The van der Waals surface area contributed by atoms with Gasteiger partial charge in [0.15, 0.2) is 12.4 Å². The van der Waals surface area contributed by atoms with Gasteiger partial charge in [-0.05, 0) is 31.2 Å². The second-order valence-corrected chi connectivity index (χ2v) is 5.91. The first kappa shape index (κ1) is 22.5. The van der Waals surface area contributed by atoms with Crippen molar-refractivity contribution >= 4 is 17.7 Å². The largest absolute Gasteiger partial charge is 0.507 e. The highest BCUT2D eigenvalue weighted by molar-refractivity contribution is 6.12. The SMILES string of the molecule is CCOC(=O)COc1ccc(C(=O)c2ccc(OCOC(=O)CC)cc2O)c(O)c1. The lowest BCUT2D eigenvalue weighted by Gasteiger charge is -2.11. The molecule has 0 aliphatic carbocycles. The van der Waals surface area contributed by atoms with E-state index in [1.54, 1.807) is 13.8 Å². The third-order valence-electron chi connectivity index (χ3n) is 3.82. The van der Waals surface area contributed by atoms with Gasteiger partial charge < -0.3 is 29.2 Å². The van der Waals surface area contributed by atoms with Crippen LogP contribution >= 0.6 is 0 Å². The van der Waals surface area contributed by atoms with Gasteiger partial charge in [0.2, 0.25) is 6.79 Å². The molecule has 0 aliphatic rings. The van der Waals surface area contributed by atoms with Gasteiger partial charge in [-0.15, -0.1) is 0 Å². The van der Waals surface area contributed by atoms with Crippen LogP contribution in [0, 0.1) is 0 Å². The van der Waals surface area contributed by atoms with Crippen molar-refractivity contribution in [3.05, 3.63) is 47.5 Å². The lowest BCUT2D eigenvalue weighted by atomic mass is 10.0. The number of esters is 2. The molecule has 0 saturated heterocycles. The zero-order valence-electron chi connectivity index (χ0n) is 16.5. The van der Waals surface area contributed by atoms with E-state index in [-0.39, 0.29) is 60.6 Å². The molecule has 2 N–H and O–H groups in total. The number of carbonyl (C=O) groups is 3. The Hall–Kier alpha value is -3.75. The van der Waals surface area contributed by atoms with E-state index in [1.165, 1.54) is 36.4 Å². The van der Waals surface area contributed by atoms with Crippen molar-refractivity contribution in [1.29, 1.82) is 0 Å². The molecule has 0 atom stereocenters. The van der Waals surface area contributed by atoms with Crippen molar-refractivity contribution in [2.24, 2.45) is 0 Å². The monoisotopic (exact) mass is 418 g/mol. The highest BCUT2D eigenvalue weighted by Crippen LogP contribution is 2.30. The maximum absolute atomic E-state index is 12.7. The summed E-state index contributed by atoms with van der Waals surface area (Å²) in [5.41, 5.74) is -0.136. The topological polar surface area (TPSA) is 129 Å². The van der Waals surface area contributed by atoms with Gasteiger partial charge in [0.25, 0.3) is 0 Å². The molecular formula is C21H22O9. The van der Waals surface area contributed by atoms with Crippen LogP contribution in [0.4, 0.5) is 0 Å². The molecule has 9 nitrogen and oxygen atoms in total. The number of rotatable bonds is 10. The summed E-state index contributed by atoms with van der Waals surface area (Å²) in [6.45, 7) is 2.87. The van der Waals surface area contributed by atoms with Crippen LogP contribution in [0.15, 0.2) is 36.4 Å². The van der Waals surface area contributed by atoms with Crippen molar-refractivity contribution in [2.45, 2.75) is 20.3 Å². The Balaban J connectivity index is 2.06. The molecule has 0 radical (unpaired) electrons. The van der Waals surface area contributed by atoms with E-state index in [2.05, 4.69) is 0 Å². The molecule has 2 aromatic rings. The molecule has 9 heteroatoms. The number of ketones is 1. The van der Waals surface area contributed by atoms with Gasteiger partial charge in [0.1, 0.15) is 23.0 Å². The Bertz CT molecular complexity index is 921. The summed E-state index contributed by atoms with van der Waals surface area (Å²) in [6, 6.07) is 7.83. The van der Waals surface area contributed by atoms with E-state index < -0.39 is 17.7 Å². The third kappa shape index (κ3) is 6.13.